The van der Waals surface area contributed by atoms with E-state index in [1.54, 1.807) is 0 Å². The molecule has 0 unspecified atom stereocenters. The van der Waals surface area contributed by atoms with Crippen LogP contribution in [0, 0.1) is 11.8 Å². The third-order valence-electron chi connectivity index (χ3n) is 4.20. The second-order valence-corrected chi connectivity index (χ2v) is 4.96. The minimum atomic E-state index is -0.662. The fraction of sp³-hybridized carbons (Fsp3) is 0.571. The Hall–Kier alpha value is -2.02. The molecule has 3 aliphatic rings. The van der Waals surface area contributed by atoms with Crippen molar-refractivity contribution in [2.24, 2.45) is 11.8 Å². The number of Topliss-reactive ketones (excluding diaryl/α,β-unsaturated/α-hetero) is 2. The number of carbonyl (C=O) groups excluding carboxylic acids is 2. The highest BCUT2D eigenvalue weighted by Crippen LogP contribution is 2.51. The first-order valence-electron chi connectivity index (χ1n) is 6.48. The molecule has 1 fully saturated rings. The number of hydrogen-bond donors (Lipinski definition) is 0. The van der Waals surface area contributed by atoms with Crippen molar-refractivity contribution >= 4 is 11.6 Å². The molecule has 2 bridgehead atoms. The lowest BCUT2D eigenvalue weighted by molar-refractivity contribution is -0.135. The molecule has 1 saturated heterocycles. The van der Waals surface area contributed by atoms with E-state index in [1.807, 2.05) is 0 Å². The zero-order valence-corrected chi connectivity index (χ0v) is 12.2. The average Bonchev–Trinajstić information content (AvgIpc) is 3.05. The lowest BCUT2D eigenvalue weighted by Crippen LogP contribution is -2.46. The van der Waals surface area contributed by atoms with Gasteiger partial charge in [0, 0.05) is 0 Å². The van der Waals surface area contributed by atoms with Crippen LogP contribution in [0.4, 0.5) is 0 Å². The van der Waals surface area contributed by atoms with Gasteiger partial charge in [0.05, 0.1) is 40.3 Å². The van der Waals surface area contributed by atoms with Gasteiger partial charge in [-0.15, -0.1) is 0 Å². The summed E-state index contributed by atoms with van der Waals surface area (Å²) < 4.78 is 26.4. The number of hydrogen-bond acceptors (Lipinski definition) is 7. The van der Waals surface area contributed by atoms with E-state index in [2.05, 4.69) is 0 Å². The van der Waals surface area contributed by atoms with Crippen LogP contribution < -0.4 is 0 Å². The van der Waals surface area contributed by atoms with Crippen molar-refractivity contribution in [2.75, 3.05) is 28.4 Å². The number of ether oxygens (including phenoxy) is 5. The third-order valence-corrected chi connectivity index (χ3v) is 4.20. The molecule has 21 heavy (non-hydrogen) atoms. The lowest BCUT2D eigenvalue weighted by atomic mass is 9.72. The van der Waals surface area contributed by atoms with Gasteiger partial charge in [0.15, 0.2) is 11.5 Å². The molecule has 4 atom stereocenters. The molecular weight excluding hydrogens is 280 g/mol. The molecule has 0 saturated carbocycles. The van der Waals surface area contributed by atoms with Gasteiger partial charge in [-0.2, -0.15) is 0 Å². The summed E-state index contributed by atoms with van der Waals surface area (Å²) >= 11 is 0. The highest BCUT2D eigenvalue weighted by molar-refractivity contribution is 6.13. The van der Waals surface area contributed by atoms with Crippen LogP contribution in [0.3, 0.4) is 0 Å². The van der Waals surface area contributed by atoms with Crippen LogP contribution >= 0.6 is 0 Å². The quantitative estimate of drug-likeness (QED) is 0.731. The summed E-state index contributed by atoms with van der Waals surface area (Å²) in [6, 6.07) is 0. The molecule has 7 nitrogen and oxygen atoms in total. The normalized spacial score (nSPS) is 34.3. The first-order chi connectivity index (χ1) is 10.1. The van der Waals surface area contributed by atoms with Gasteiger partial charge in [-0.3, -0.25) is 9.59 Å². The van der Waals surface area contributed by atoms with Gasteiger partial charge < -0.3 is 23.7 Å². The molecule has 7 heteroatoms. The maximum atomic E-state index is 12.6. The van der Waals surface area contributed by atoms with Crippen LogP contribution in [-0.4, -0.2) is 52.2 Å². The largest absolute Gasteiger partial charge is 0.495 e. The molecule has 0 aromatic heterocycles. The SMILES string of the molecule is COC1=C(OC)C(=O)[C@H]2[C@@H](C1=O)[C@H]1O[C@@H]2C(OC)=C1OC. The number of allylic oxidation sites excluding steroid dienone is 2. The van der Waals surface area contributed by atoms with Crippen molar-refractivity contribution in [1.82, 2.24) is 0 Å². The minimum Gasteiger partial charge on any atom is -0.495 e. The highest BCUT2D eigenvalue weighted by atomic mass is 16.6. The smallest absolute Gasteiger partial charge is 0.208 e. The molecule has 1 aliphatic carbocycles. The van der Waals surface area contributed by atoms with Crippen molar-refractivity contribution in [3.05, 3.63) is 23.0 Å². The molecule has 0 N–H and O–H groups in total. The zero-order valence-electron chi connectivity index (χ0n) is 12.2. The van der Waals surface area contributed by atoms with Crippen molar-refractivity contribution in [3.63, 3.8) is 0 Å². The van der Waals surface area contributed by atoms with E-state index in [0.29, 0.717) is 11.5 Å². The van der Waals surface area contributed by atoms with Gasteiger partial charge in [0.1, 0.15) is 12.2 Å². The van der Waals surface area contributed by atoms with Crippen LogP contribution in [0.2, 0.25) is 0 Å². The second-order valence-electron chi connectivity index (χ2n) is 4.96. The van der Waals surface area contributed by atoms with E-state index < -0.39 is 24.0 Å². The van der Waals surface area contributed by atoms with Gasteiger partial charge in [-0.1, -0.05) is 0 Å². The van der Waals surface area contributed by atoms with E-state index in [0.717, 1.165) is 0 Å². The van der Waals surface area contributed by atoms with E-state index in [9.17, 15) is 9.59 Å². The maximum absolute atomic E-state index is 12.6. The Bertz CT molecular complexity index is 526. The summed E-state index contributed by atoms with van der Waals surface area (Å²) in [6.45, 7) is 0. The Morgan fingerprint density at radius 1 is 0.714 bits per heavy atom. The monoisotopic (exact) mass is 296 g/mol. The van der Waals surface area contributed by atoms with Gasteiger partial charge >= 0.3 is 0 Å². The first kappa shape index (κ1) is 13.9. The van der Waals surface area contributed by atoms with Gasteiger partial charge in [-0.05, 0) is 0 Å². The van der Waals surface area contributed by atoms with Crippen LogP contribution in [0.25, 0.3) is 0 Å². The van der Waals surface area contributed by atoms with Crippen molar-refractivity contribution in [2.45, 2.75) is 12.2 Å². The van der Waals surface area contributed by atoms with Crippen LogP contribution in [0.15, 0.2) is 23.0 Å². The number of rotatable bonds is 4. The second kappa shape index (κ2) is 4.77. The van der Waals surface area contributed by atoms with Crippen molar-refractivity contribution in [3.8, 4) is 0 Å². The average molecular weight is 296 g/mol. The predicted molar refractivity (Wildman–Crippen MR) is 67.7 cm³/mol. The Balaban J connectivity index is 2.09. The summed E-state index contributed by atoms with van der Waals surface area (Å²) in [5, 5.41) is 0. The van der Waals surface area contributed by atoms with Crippen molar-refractivity contribution in [1.29, 1.82) is 0 Å². The molecule has 0 spiro atoms. The topological polar surface area (TPSA) is 80.3 Å². The van der Waals surface area contributed by atoms with Gasteiger partial charge in [0.2, 0.25) is 23.1 Å². The Morgan fingerprint density at radius 2 is 1.10 bits per heavy atom. The summed E-state index contributed by atoms with van der Waals surface area (Å²) in [5.41, 5.74) is 0. The molecule has 114 valence electrons. The van der Waals surface area contributed by atoms with E-state index in [4.69, 9.17) is 23.7 Å². The highest BCUT2D eigenvalue weighted by Gasteiger charge is 2.64. The summed E-state index contributed by atoms with van der Waals surface area (Å²) in [6.07, 6.45) is -1.25. The number of ketones is 2. The van der Waals surface area contributed by atoms with Crippen molar-refractivity contribution < 1.29 is 33.3 Å². The minimum absolute atomic E-state index is 0.0608. The Kier molecular flexibility index (Phi) is 3.16. The molecule has 2 aliphatic heterocycles. The Labute approximate surface area is 121 Å². The molecule has 0 amide bonds. The summed E-state index contributed by atoms with van der Waals surface area (Å²) in [5.74, 6) is -1.14. The van der Waals surface area contributed by atoms with Crippen LogP contribution in [0.5, 0.6) is 0 Å². The molecule has 3 rings (SSSR count). The molecule has 0 aromatic carbocycles. The first-order valence-corrected chi connectivity index (χ1v) is 6.48. The van der Waals surface area contributed by atoms with Gasteiger partial charge in [0.25, 0.3) is 0 Å². The molecule has 0 aromatic rings. The summed E-state index contributed by atoms with van der Waals surface area (Å²) in [4.78, 5) is 25.2. The zero-order chi connectivity index (χ0) is 15.3. The predicted octanol–water partition coefficient (Wildman–Crippen LogP) is 0.160. The van der Waals surface area contributed by atoms with Crippen LogP contribution in [0.1, 0.15) is 0 Å². The number of fused-ring (bicyclic) bond motifs is 5. The number of methoxy groups -OCH3 is 4. The lowest BCUT2D eigenvalue weighted by Gasteiger charge is -2.32. The number of carbonyl (C=O) groups is 2. The molecular formula is C14H16O7. The van der Waals surface area contributed by atoms with E-state index in [-0.39, 0.29) is 23.1 Å². The fourth-order valence-electron chi connectivity index (χ4n) is 3.38. The van der Waals surface area contributed by atoms with Gasteiger partial charge in [-0.25, -0.2) is 0 Å². The fourth-order valence-corrected chi connectivity index (χ4v) is 3.38. The molecule has 0 radical (unpaired) electrons. The summed E-state index contributed by atoms with van der Waals surface area (Å²) in [7, 11) is 5.63. The van der Waals surface area contributed by atoms with E-state index >= 15 is 0 Å². The molecule has 2 heterocycles. The Morgan fingerprint density at radius 3 is 1.38 bits per heavy atom. The standard InChI is InChI=1S/C14H16O7/c1-17-11-7(15)5-6(8(16)12(11)18-2)10-14(20-4)13(19-3)9(5)21-10/h5-6,9-10H,1-4H3/t5-,6+,9+,10-. The third kappa shape index (κ3) is 1.58. The van der Waals surface area contributed by atoms with E-state index in [1.165, 1.54) is 28.4 Å². The maximum Gasteiger partial charge on any atom is 0.208 e. The van der Waals surface area contributed by atoms with Crippen LogP contribution in [-0.2, 0) is 33.3 Å².